The molecule has 0 spiro atoms. The molecule has 150 valence electrons. The van der Waals surface area contributed by atoms with Crippen LogP contribution in [-0.4, -0.2) is 30.3 Å². The average Bonchev–Trinajstić information content (AvgIpc) is 2.65. The summed E-state index contributed by atoms with van der Waals surface area (Å²) in [7, 11) is 1.78. The van der Waals surface area contributed by atoms with Gasteiger partial charge in [-0.1, -0.05) is 76.2 Å². The van der Waals surface area contributed by atoms with Gasteiger partial charge in [-0.05, 0) is 28.5 Å². The molecule has 2 aromatic carbocycles. The Morgan fingerprint density at radius 1 is 0.857 bits per heavy atom. The zero-order valence-electron chi connectivity index (χ0n) is 17.9. The van der Waals surface area contributed by atoms with Crippen LogP contribution >= 0.6 is 0 Å². The van der Waals surface area contributed by atoms with E-state index in [1.165, 1.54) is 6.92 Å². The predicted octanol–water partition coefficient (Wildman–Crippen LogP) is 4.94. The largest absolute Gasteiger partial charge is 0.340 e. The van der Waals surface area contributed by atoms with Gasteiger partial charge in [0.25, 0.3) is 0 Å². The molecule has 2 amide bonds. The lowest BCUT2D eigenvalue weighted by Gasteiger charge is -2.30. The maximum atomic E-state index is 12.9. The summed E-state index contributed by atoms with van der Waals surface area (Å²) in [6, 6.07) is 16.0. The molecule has 0 N–H and O–H groups in total. The third-order valence-electron chi connectivity index (χ3n) is 4.97. The van der Waals surface area contributed by atoms with Crippen molar-refractivity contribution in [2.45, 2.75) is 53.0 Å². The molecule has 0 unspecified atom stereocenters. The van der Waals surface area contributed by atoms with E-state index in [2.05, 4.69) is 39.8 Å². The molecule has 0 fully saturated rings. The van der Waals surface area contributed by atoms with E-state index in [-0.39, 0.29) is 30.2 Å². The van der Waals surface area contributed by atoms with Crippen molar-refractivity contribution < 1.29 is 9.59 Å². The second-order valence-electron chi connectivity index (χ2n) is 7.94. The number of hydrogen-bond donors (Lipinski definition) is 0. The Morgan fingerprint density at radius 2 is 1.39 bits per heavy atom. The van der Waals surface area contributed by atoms with Gasteiger partial charge in [-0.15, -0.1) is 0 Å². The molecule has 2 rings (SSSR count). The van der Waals surface area contributed by atoms with Crippen molar-refractivity contribution >= 4 is 17.5 Å². The number of carbonyl (C=O) groups excluding carboxylic acids is 2. The topological polar surface area (TPSA) is 40.6 Å². The number of anilines is 1. The molecule has 0 radical (unpaired) electrons. The van der Waals surface area contributed by atoms with E-state index in [4.69, 9.17) is 0 Å². The SMILES string of the molecule is CC(=O)N(CC(=O)N(C)Cc1ccccc1)c1c(C(C)C)cccc1C(C)C. The molecular weight excluding hydrogens is 348 g/mol. The number of nitrogens with zero attached hydrogens (tertiary/aromatic N) is 2. The molecule has 0 atom stereocenters. The van der Waals surface area contributed by atoms with Gasteiger partial charge in [0.15, 0.2) is 0 Å². The smallest absolute Gasteiger partial charge is 0.242 e. The van der Waals surface area contributed by atoms with Crippen LogP contribution in [0, 0.1) is 0 Å². The molecule has 4 heteroatoms. The highest BCUT2D eigenvalue weighted by Gasteiger charge is 2.25. The van der Waals surface area contributed by atoms with E-state index in [9.17, 15) is 9.59 Å². The van der Waals surface area contributed by atoms with Crippen LogP contribution in [0.15, 0.2) is 48.5 Å². The highest BCUT2D eigenvalue weighted by Crippen LogP contribution is 2.35. The molecule has 2 aromatic rings. The second kappa shape index (κ2) is 9.54. The second-order valence-corrected chi connectivity index (χ2v) is 7.94. The molecule has 0 aromatic heterocycles. The van der Waals surface area contributed by atoms with Gasteiger partial charge in [-0.2, -0.15) is 0 Å². The monoisotopic (exact) mass is 380 g/mol. The lowest BCUT2D eigenvalue weighted by molar-refractivity contribution is -0.130. The minimum absolute atomic E-state index is 0.0438. The Balaban J connectivity index is 2.33. The van der Waals surface area contributed by atoms with Gasteiger partial charge in [0.2, 0.25) is 11.8 Å². The molecule has 4 nitrogen and oxygen atoms in total. The minimum Gasteiger partial charge on any atom is -0.340 e. The Hall–Kier alpha value is -2.62. The number of para-hydroxylation sites is 1. The zero-order valence-corrected chi connectivity index (χ0v) is 17.9. The fourth-order valence-electron chi connectivity index (χ4n) is 3.37. The lowest BCUT2D eigenvalue weighted by Crippen LogP contribution is -2.41. The van der Waals surface area contributed by atoms with E-state index < -0.39 is 0 Å². The fraction of sp³-hybridized carbons (Fsp3) is 0.417. The van der Waals surface area contributed by atoms with Gasteiger partial charge in [0.1, 0.15) is 6.54 Å². The van der Waals surface area contributed by atoms with Crippen molar-refractivity contribution in [1.29, 1.82) is 0 Å². The zero-order chi connectivity index (χ0) is 20.8. The Kier molecular flexibility index (Phi) is 7.38. The number of likely N-dealkylation sites (N-methyl/N-ethyl adjacent to an activating group) is 1. The van der Waals surface area contributed by atoms with Crippen molar-refractivity contribution in [1.82, 2.24) is 4.90 Å². The highest BCUT2D eigenvalue weighted by atomic mass is 16.2. The summed E-state index contributed by atoms with van der Waals surface area (Å²) in [6.07, 6.45) is 0. The first-order valence-electron chi connectivity index (χ1n) is 9.91. The number of hydrogen-bond acceptors (Lipinski definition) is 2. The third-order valence-corrected chi connectivity index (χ3v) is 4.97. The molecule has 0 saturated carbocycles. The van der Waals surface area contributed by atoms with E-state index >= 15 is 0 Å². The number of rotatable bonds is 7. The maximum Gasteiger partial charge on any atom is 0.242 e. The first-order valence-corrected chi connectivity index (χ1v) is 9.91. The van der Waals surface area contributed by atoms with Crippen LogP contribution in [0.4, 0.5) is 5.69 Å². The van der Waals surface area contributed by atoms with Crippen molar-refractivity contribution in [3.05, 3.63) is 65.2 Å². The summed E-state index contributed by atoms with van der Waals surface area (Å²) in [5.74, 6) is 0.323. The van der Waals surface area contributed by atoms with Gasteiger partial charge in [0.05, 0.1) is 5.69 Å². The summed E-state index contributed by atoms with van der Waals surface area (Å²) in [6.45, 7) is 10.6. The molecule has 0 aliphatic heterocycles. The van der Waals surface area contributed by atoms with Gasteiger partial charge < -0.3 is 9.80 Å². The van der Waals surface area contributed by atoms with Gasteiger partial charge in [-0.3, -0.25) is 9.59 Å². The number of carbonyl (C=O) groups is 2. The van der Waals surface area contributed by atoms with Crippen LogP contribution in [0.2, 0.25) is 0 Å². The van der Waals surface area contributed by atoms with Crippen LogP contribution in [0.1, 0.15) is 63.1 Å². The predicted molar refractivity (Wildman–Crippen MR) is 116 cm³/mol. The summed E-state index contributed by atoms with van der Waals surface area (Å²) < 4.78 is 0. The lowest BCUT2D eigenvalue weighted by atomic mass is 9.91. The molecule has 0 bridgehead atoms. The van der Waals surface area contributed by atoms with Crippen LogP contribution in [0.25, 0.3) is 0 Å². The van der Waals surface area contributed by atoms with E-state index in [1.54, 1.807) is 16.8 Å². The fourth-order valence-corrected chi connectivity index (χ4v) is 3.37. The first-order chi connectivity index (χ1) is 13.2. The van der Waals surface area contributed by atoms with Gasteiger partial charge >= 0.3 is 0 Å². The normalized spacial score (nSPS) is 11.0. The van der Waals surface area contributed by atoms with E-state index in [0.717, 1.165) is 22.4 Å². The maximum absolute atomic E-state index is 12.9. The first kappa shape index (κ1) is 21.7. The standard InChI is InChI=1S/C24H32N2O2/c1-17(2)21-13-10-14-22(18(3)4)24(21)26(19(5)27)16-23(28)25(6)15-20-11-8-7-9-12-20/h7-14,17-18H,15-16H2,1-6H3. The molecule has 0 heterocycles. The van der Waals surface area contributed by atoms with Crippen molar-refractivity contribution in [3.63, 3.8) is 0 Å². The van der Waals surface area contributed by atoms with Crippen LogP contribution < -0.4 is 4.90 Å². The van der Waals surface area contributed by atoms with Crippen LogP contribution in [0.5, 0.6) is 0 Å². The van der Waals surface area contributed by atoms with Crippen molar-refractivity contribution in [2.75, 3.05) is 18.5 Å². The molecule has 0 aliphatic carbocycles. The Bertz CT molecular complexity index is 786. The minimum atomic E-state index is -0.114. The summed E-state index contributed by atoms with van der Waals surface area (Å²) in [4.78, 5) is 28.8. The number of amides is 2. The highest BCUT2D eigenvalue weighted by molar-refractivity contribution is 5.99. The Morgan fingerprint density at radius 3 is 1.86 bits per heavy atom. The molecule has 28 heavy (non-hydrogen) atoms. The van der Waals surface area contributed by atoms with E-state index in [0.29, 0.717) is 6.54 Å². The summed E-state index contributed by atoms with van der Waals surface area (Å²) in [5, 5.41) is 0. The Labute approximate surface area is 169 Å². The van der Waals surface area contributed by atoms with Crippen LogP contribution in [-0.2, 0) is 16.1 Å². The van der Waals surface area contributed by atoms with Gasteiger partial charge in [-0.25, -0.2) is 0 Å². The van der Waals surface area contributed by atoms with Gasteiger partial charge in [0, 0.05) is 20.5 Å². The third kappa shape index (κ3) is 5.22. The average molecular weight is 381 g/mol. The van der Waals surface area contributed by atoms with E-state index in [1.807, 2.05) is 36.4 Å². The van der Waals surface area contributed by atoms with Crippen LogP contribution in [0.3, 0.4) is 0 Å². The molecular formula is C24H32N2O2. The molecule has 0 aliphatic rings. The quantitative estimate of drug-likeness (QED) is 0.682. The van der Waals surface area contributed by atoms with Crippen molar-refractivity contribution in [2.24, 2.45) is 0 Å². The summed E-state index contributed by atoms with van der Waals surface area (Å²) >= 11 is 0. The van der Waals surface area contributed by atoms with Crippen molar-refractivity contribution in [3.8, 4) is 0 Å². The number of benzene rings is 2. The molecule has 0 saturated heterocycles. The summed E-state index contributed by atoms with van der Waals surface area (Å²) in [5.41, 5.74) is 4.15.